The second kappa shape index (κ2) is 8.68. The van der Waals surface area contributed by atoms with Crippen molar-refractivity contribution in [3.05, 3.63) is 23.9 Å². The normalized spacial score (nSPS) is 25.5. The molecule has 0 saturated heterocycles. The highest BCUT2D eigenvalue weighted by Crippen LogP contribution is 2.40. The first-order valence-corrected chi connectivity index (χ1v) is 11.7. The van der Waals surface area contributed by atoms with Crippen LogP contribution in [0.1, 0.15) is 63.4 Å². The van der Waals surface area contributed by atoms with Gasteiger partial charge < -0.3 is 24.3 Å². The lowest BCUT2D eigenvalue weighted by Gasteiger charge is -2.45. The number of aromatic nitrogens is 1. The van der Waals surface area contributed by atoms with E-state index < -0.39 is 5.54 Å². The third-order valence-electron chi connectivity index (χ3n) is 7.31. The quantitative estimate of drug-likeness (QED) is 0.736. The van der Waals surface area contributed by atoms with Gasteiger partial charge in [0, 0.05) is 18.0 Å². The number of amides is 2. The van der Waals surface area contributed by atoms with Gasteiger partial charge in [-0.05, 0) is 50.3 Å². The van der Waals surface area contributed by atoms with Crippen molar-refractivity contribution in [1.82, 2.24) is 14.8 Å². The molecular formula is C25H35N3O4. The van der Waals surface area contributed by atoms with Crippen molar-refractivity contribution in [3.63, 3.8) is 0 Å². The van der Waals surface area contributed by atoms with Crippen LogP contribution in [0.4, 0.5) is 0 Å². The van der Waals surface area contributed by atoms with Crippen LogP contribution >= 0.6 is 0 Å². The molecule has 2 heterocycles. The lowest BCUT2D eigenvalue weighted by molar-refractivity contribution is -0.134. The SMILES string of the molecule is CCCN1C(=O)c2cc3c(OC)ccc(OC)c3n2C[C@]1(C)C(=O)N[C@@H]1CCCC[C@@H]1C. The van der Waals surface area contributed by atoms with E-state index in [1.807, 2.05) is 36.6 Å². The van der Waals surface area contributed by atoms with E-state index in [0.717, 1.165) is 36.6 Å². The minimum Gasteiger partial charge on any atom is -0.496 e. The average molecular weight is 442 g/mol. The minimum atomic E-state index is -0.989. The maximum atomic E-state index is 13.7. The topological polar surface area (TPSA) is 72.8 Å². The molecule has 2 aliphatic rings. The summed E-state index contributed by atoms with van der Waals surface area (Å²) in [6, 6.07) is 5.71. The van der Waals surface area contributed by atoms with Crippen LogP contribution in [-0.4, -0.2) is 53.6 Å². The number of benzene rings is 1. The van der Waals surface area contributed by atoms with Crippen molar-refractivity contribution in [2.75, 3.05) is 20.8 Å². The van der Waals surface area contributed by atoms with E-state index >= 15 is 0 Å². The Morgan fingerprint density at radius 2 is 1.88 bits per heavy atom. The number of methoxy groups -OCH3 is 2. The molecule has 1 fully saturated rings. The summed E-state index contributed by atoms with van der Waals surface area (Å²) >= 11 is 0. The molecule has 174 valence electrons. The van der Waals surface area contributed by atoms with Crippen LogP contribution in [0.2, 0.25) is 0 Å². The molecule has 0 bridgehead atoms. The summed E-state index contributed by atoms with van der Waals surface area (Å²) in [5.74, 6) is 1.58. The zero-order chi connectivity index (χ0) is 23.0. The molecule has 0 spiro atoms. The molecule has 1 saturated carbocycles. The van der Waals surface area contributed by atoms with Crippen LogP contribution < -0.4 is 14.8 Å². The van der Waals surface area contributed by atoms with Crippen LogP contribution in [0.15, 0.2) is 18.2 Å². The van der Waals surface area contributed by atoms with Gasteiger partial charge in [0.1, 0.15) is 22.7 Å². The Hall–Kier alpha value is -2.70. The van der Waals surface area contributed by atoms with Crippen LogP contribution in [0, 0.1) is 5.92 Å². The largest absolute Gasteiger partial charge is 0.496 e. The van der Waals surface area contributed by atoms with Gasteiger partial charge in [-0.3, -0.25) is 9.59 Å². The van der Waals surface area contributed by atoms with E-state index in [2.05, 4.69) is 12.2 Å². The van der Waals surface area contributed by atoms with E-state index in [9.17, 15) is 9.59 Å². The summed E-state index contributed by atoms with van der Waals surface area (Å²) in [6.07, 6.45) is 5.25. The molecule has 3 atom stereocenters. The van der Waals surface area contributed by atoms with Crippen LogP contribution in [-0.2, 0) is 11.3 Å². The number of hydrogen-bond donors (Lipinski definition) is 1. The molecule has 7 heteroatoms. The Morgan fingerprint density at radius 1 is 1.19 bits per heavy atom. The highest BCUT2D eigenvalue weighted by molar-refractivity contribution is 6.05. The molecule has 32 heavy (non-hydrogen) atoms. The van der Waals surface area contributed by atoms with Crippen LogP contribution in [0.25, 0.3) is 10.9 Å². The summed E-state index contributed by atoms with van der Waals surface area (Å²) < 4.78 is 13.1. The zero-order valence-corrected chi connectivity index (χ0v) is 19.9. The van der Waals surface area contributed by atoms with Crippen molar-refractivity contribution < 1.29 is 19.1 Å². The number of hydrogen-bond acceptors (Lipinski definition) is 4. The Bertz CT molecular complexity index is 1030. The van der Waals surface area contributed by atoms with E-state index in [4.69, 9.17) is 9.47 Å². The number of fused-ring (bicyclic) bond motifs is 3. The predicted molar refractivity (Wildman–Crippen MR) is 124 cm³/mol. The summed E-state index contributed by atoms with van der Waals surface area (Å²) in [4.78, 5) is 29.2. The fourth-order valence-electron chi connectivity index (χ4n) is 5.38. The molecule has 1 N–H and O–H groups in total. The van der Waals surface area contributed by atoms with Crippen molar-refractivity contribution in [2.24, 2.45) is 5.92 Å². The lowest BCUT2D eigenvalue weighted by atomic mass is 9.85. The van der Waals surface area contributed by atoms with Crippen LogP contribution in [0.5, 0.6) is 11.5 Å². The highest BCUT2D eigenvalue weighted by atomic mass is 16.5. The summed E-state index contributed by atoms with van der Waals surface area (Å²) in [5.41, 5.74) is 0.362. The molecule has 1 aromatic heterocycles. The third-order valence-corrected chi connectivity index (χ3v) is 7.31. The smallest absolute Gasteiger partial charge is 0.271 e. The van der Waals surface area contributed by atoms with Gasteiger partial charge in [-0.2, -0.15) is 0 Å². The standard InChI is InChI=1S/C25H35N3O4/c1-6-13-28-23(29)19-14-17-20(31-4)11-12-21(32-5)22(17)27(19)15-25(28,3)24(30)26-18-10-8-7-9-16(18)2/h11-12,14,16,18H,6-10,13,15H2,1-5H3,(H,26,30)/t16-,18+,25+/m0/s1. The fraction of sp³-hybridized carbons (Fsp3) is 0.600. The van der Waals surface area contributed by atoms with Gasteiger partial charge in [0.15, 0.2) is 0 Å². The van der Waals surface area contributed by atoms with Crippen molar-refractivity contribution in [1.29, 1.82) is 0 Å². The number of ether oxygens (including phenoxy) is 2. The molecule has 7 nitrogen and oxygen atoms in total. The zero-order valence-electron chi connectivity index (χ0n) is 19.9. The molecule has 4 rings (SSSR count). The monoisotopic (exact) mass is 441 g/mol. The van der Waals surface area contributed by atoms with Gasteiger partial charge in [0.25, 0.3) is 5.91 Å². The summed E-state index contributed by atoms with van der Waals surface area (Å²) in [5, 5.41) is 4.12. The number of carbonyl (C=O) groups excluding carboxylic acids is 2. The second-order valence-electron chi connectivity index (χ2n) is 9.42. The number of carbonyl (C=O) groups is 2. The van der Waals surface area contributed by atoms with Gasteiger partial charge in [-0.15, -0.1) is 0 Å². The minimum absolute atomic E-state index is 0.0765. The lowest BCUT2D eigenvalue weighted by Crippen LogP contribution is -2.65. The van der Waals surface area contributed by atoms with E-state index in [0.29, 0.717) is 36.2 Å². The fourth-order valence-corrected chi connectivity index (χ4v) is 5.38. The van der Waals surface area contributed by atoms with Gasteiger partial charge in [-0.25, -0.2) is 0 Å². The Morgan fingerprint density at radius 3 is 2.53 bits per heavy atom. The first kappa shape index (κ1) is 22.5. The van der Waals surface area contributed by atoms with Crippen molar-refractivity contribution in [3.8, 4) is 11.5 Å². The summed E-state index contributed by atoms with van der Waals surface area (Å²) in [6.45, 7) is 7.03. The Balaban J connectivity index is 1.80. The van der Waals surface area contributed by atoms with Gasteiger partial charge >= 0.3 is 0 Å². The van der Waals surface area contributed by atoms with Crippen molar-refractivity contribution in [2.45, 2.75) is 71.0 Å². The number of nitrogens with one attached hydrogen (secondary N) is 1. The second-order valence-corrected chi connectivity index (χ2v) is 9.42. The number of nitrogens with zero attached hydrogens (tertiary/aromatic N) is 2. The van der Waals surface area contributed by atoms with E-state index in [1.54, 1.807) is 19.1 Å². The molecule has 1 aromatic carbocycles. The van der Waals surface area contributed by atoms with E-state index in [-0.39, 0.29) is 17.9 Å². The molecule has 0 unspecified atom stereocenters. The highest BCUT2D eigenvalue weighted by Gasteiger charge is 2.48. The molecule has 1 aliphatic heterocycles. The van der Waals surface area contributed by atoms with Gasteiger partial charge in [0.2, 0.25) is 5.91 Å². The van der Waals surface area contributed by atoms with Gasteiger partial charge in [-0.1, -0.05) is 26.7 Å². The van der Waals surface area contributed by atoms with Crippen LogP contribution in [0.3, 0.4) is 0 Å². The molecule has 1 aliphatic carbocycles. The third kappa shape index (κ3) is 3.51. The molecule has 2 aromatic rings. The molecule has 2 amide bonds. The maximum Gasteiger partial charge on any atom is 0.271 e. The van der Waals surface area contributed by atoms with Crippen molar-refractivity contribution >= 4 is 22.7 Å². The van der Waals surface area contributed by atoms with E-state index in [1.165, 1.54) is 6.42 Å². The Kier molecular flexibility index (Phi) is 6.10. The first-order chi connectivity index (χ1) is 15.3. The maximum absolute atomic E-state index is 13.7. The Labute approximate surface area is 190 Å². The molecular weight excluding hydrogens is 406 g/mol. The average Bonchev–Trinajstić information content (AvgIpc) is 3.17. The first-order valence-electron chi connectivity index (χ1n) is 11.7. The summed E-state index contributed by atoms with van der Waals surface area (Å²) in [7, 11) is 3.23. The predicted octanol–water partition coefficient (Wildman–Crippen LogP) is 3.98. The van der Waals surface area contributed by atoms with Gasteiger partial charge in [0.05, 0.1) is 26.3 Å². The molecule has 0 radical (unpaired) electrons. The number of rotatable bonds is 6.